The van der Waals surface area contributed by atoms with Crippen molar-refractivity contribution in [2.24, 2.45) is 0 Å². The third kappa shape index (κ3) is 5.93. The van der Waals surface area contributed by atoms with Crippen molar-refractivity contribution >= 4 is 11.9 Å². The second-order valence-electron chi connectivity index (χ2n) is 7.71. The number of rotatable bonds is 10. The lowest BCUT2D eigenvalue weighted by Gasteiger charge is -2.17. The Bertz CT molecular complexity index is 1170. The molecule has 3 aromatic carbocycles. The van der Waals surface area contributed by atoms with Crippen LogP contribution in [0, 0.1) is 11.6 Å². The zero-order valence-corrected chi connectivity index (χ0v) is 19.2. The zero-order chi connectivity index (χ0) is 25.5. The molecule has 1 atom stereocenters. The van der Waals surface area contributed by atoms with E-state index in [0.29, 0.717) is 29.0 Å². The Morgan fingerprint density at radius 1 is 0.943 bits per heavy atom. The number of nitrogens with one attached hydrogen (secondary N) is 1. The largest absolute Gasteiger partial charge is 0.496 e. The van der Waals surface area contributed by atoms with E-state index < -0.39 is 35.1 Å². The van der Waals surface area contributed by atoms with Crippen LogP contribution in [-0.2, 0) is 17.6 Å². The van der Waals surface area contributed by atoms with Crippen LogP contribution in [0.1, 0.15) is 21.5 Å². The summed E-state index contributed by atoms with van der Waals surface area (Å²) in [7, 11) is 3.04. The third-order valence-corrected chi connectivity index (χ3v) is 5.44. The van der Waals surface area contributed by atoms with Crippen molar-refractivity contribution in [2.45, 2.75) is 18.9 Å². The Labute approximate surface area is 200 Å². The monoisotopic (exact) mass is 485 g/mol. The van der Waals surface area contributed by atoms with Gasteiger partial charge in [0.1, 0.15) is 34.7 Å². The first-order chi connectivity index (χ1) is 16.8. The number of aliphatic hydroxyl groups excluding tert-OH is 1. The van der Waals surface area contributed by atoms with Crippen molar-refractivity contribution in [3.8, 4) is 22.6 Å². The van der Waals surface area contributed by atoms with E-state index in [-0.39, 0.29) is 13.0 Å². The minimum Gasteiger partial charge on any atom is -0.496 e. The van der Waals surface area contributed by atoms with Crippen molar-refractivity contribution in [2.75, 3.05) is 20.8 Å². The van der Waals surface area contributed by atoms with Crippen molar-refractivity contribution in [1.82, 2.24) is 5.32 Å². The molecule has 3 aromatic rings. The van der Waals surface area contributed by atoms with Crippen LogP contribution in [0.4, 0.5) is 8.78 Å². The van der Waals surface area contributed by atoms with E-state index in [0.717, 1.165) is 29.3 Å². The van der Waals surface area contributed by atoms with Crippen LogP contribution in [-0.4, -0.2) is 49.0 Å². The van der Waals surface area contributed by atoms with Gasteiger partial charge in [-0.1, -0.05) is 30.3 Å². The Balaban J connectivity index is 1.84. The van der Waals surface area contributed by atoms with E-state index in [9.17, 15) is 28.6 Å². The first-order valence-electron chi connectivity index (χ1n) is 10.7. The zero-order valence-electron chi connectivity index (χ0n) is 19.2. The van der Waals surface area contributed by atoms with Gasteiger partial charge in [0.2, 0.25) is 0 Å². The normalized spacial score (nSPS) is 11.6. The summed E-state index contributed by atoms with van der Waals surface area (Å²) in [6.07, 6.45) is 0.326. The second-order valence-corrected chi connectivity index (χ2v) is 7.71. The second kappa shape index (κ2) is 11.4. The molecule has 0 unspecified atom stereocenters. The van der Waals surface area contributed by atoms with E-state index >= 15 is 0 Å². The quantitative estimate of drug-likeness (QED) is 0.405. The van der Waals surface area contributed by atoms with Crippen LogP contribution in [0.3, 0.4) is 0 Å². The minimum absolute atomic E-state index is 0.0226. The number of methoxy groups -OCH3 is 2. The Morgan fingerprint density at radius 2 is 1.51 bits per heavy atom. The summed E-state index contributed by atoms with van der Waals surface area (Å²) >= 11 is 0. The van der Waals surface area contributed by atoms with E-state index in [1.807, 2.05) is 0 Å². The standard InChI is InChI=1S/C26H25F2NO6/c1-34-21-13-16(10-11-30)14-22(35-2)23(21)17-8-6-15(7-9-17)12-20(26(32)33)29-25(31)24-18(27)4-3-5-19(24)28/h3-9,13-14,20,30H,10-12H2,1-2H3,(H,29,31)(H,32,33)/t20-/m0/s1. The highest BCUT2D eigenvalue weighted by Gasteiger charge is 2.25. The molecule has 0 fully saturated rings. The number of halogens is 2. The van der Waals surface area contributed by atoms with Gasteiger partial charge in [-0.3, -0.25) is 4.79 Å². The van der Waals surface area contributed by atoms with Gasteiger partial charge in [-0.25, -0.2) is 13.6 Å². The number of carbonyl (C=O) groups is 2. The molecule has 3 N–H and O–H groups in total. The number of carboxylic acid groups (broad SMARTS) is 1. The van der Waals surface area contributed by atoms with Crippen LogP contribution >= 0.6 is 0 Å². The molecule has 0 radical (unpaired) electrons. The molecule has 184 valence electrons. The van der Waals surface area contributed by atoms with E-state index in [2.05, 4.69) is 5.32 Å². The Hall–Kier alpha value is -3.98. The number of hydrogen-bond acceptors (Lipinski definition) is 5. The lowest BCUT2D eigenvalue weighted by Crippen LogP contribution is -2.42. The van der Waals surface area contributed by atoms with Gasteiger partial charge in [0.25, 0.3) is 5.91 Å². The van der Waals surface area contributed by atoms with Crippen LogP contribution < -0.4 is 14.8 Å². The number of ether oxygens (including phenoxy) is 2. The number of amides is 1. The fourth-order valence-corrected chi connectivity index (χ4v) is 3.71. The maximum absolute atomic E-state index is 13.9. The molecule has 0 heterocycles. The maximum Gasteiger partial charge on any atom is 0.326 e. The summed E-state index contributed by atoms with van der Waals surface area (Å²) in [5, 5.41) is 21.0. The van der Waals surface area contributed by atoms with Gasteiger partial charge >= 0.3 is 5.97 Å². The summed E-state index contributed by atoms with van der Waals surface area (Å²) in [6, 6.07) is 12.0. The number of carboxylic acids is 1. The molecule has 35 heavy (non-hydrogen) atoms. The summed E-state index contributed by atoms with van der Waals surface area (Å²) in [5.41, 5.74) is 2.00. The summed E-state index contributed by atoms with van der Waals surface area (Å²) < 4.78 is 38.8. The molecule has 0 saturated carbocycles. The van der Waals surface area contributed by atoms with Crippen LogP contribution in [0.25, 0.3) is 11.1 Å². The molecule has 0 aromatic heterocycles. The topological polar surface area (TPSA) is 105 Å². The van der Waals surface area contributed by atoms with E-state index in [4.69, 9.17) is 9.47 Å². The number of hydrogen-bond donors (Lipinski definition) is 3. The van der Waals surface area contributed by atoms with Gasteiger partial charge in [-0.05, 0) is 47.4 Å². The molecule has 3 rings (SSSR count). The molecule has 0 bridgehead atoms. The van der Waals surface area contributed by atoms with Gasteiger partial charge in [0, 0.05) is 13.0 Å². The predicted molar refractivity (Wildman–Crippen MR) is 125 cm³/mol. The fraction of sp³-hybridized carbons (Fsp3) is 0.231. The summed E-state index contributed by atoms with van der Waals surface area (Å²) in [4.78, 5) is 24.1. The maximum atomic E-state index is 13.9. The molecule has 7 nitrogen and oxygen atoms in total. The average Bonchev–Trinajstić information content (AvgIpc) is 2.83. The summed E-state index contributed by atoms with van der Waals surface area (Å²) in [6.45, 7) is -0.0226. The Morgan fingerprint density at radius 3 is 2.00 bits per heavy atom. The minimum atomic E-state index is -1.41. The number of carbonyl (C=O) groups excluding carboxylic acids is 1. The molecule has 0 aliphatic carbocycles. The molecule has 9 heteroatoms. The van der Waals surface area contributed by atoms with Crippen LogP contribution in [0.2, 0.25) is 0 Å². The molecule has 0 aliphatic heterocycles. The van der Waals surface area contributed by atoms with Crippen molar-refractivity contribution in [3.05, 3.63) is 82.9 Å². The van der Waals surface area contributed by atoms with Gasteiger partial charge in [0.15, 0.2) is 0 Å². The predicted octanol–water partition coefficient (Wildman–Crippen LogP) is 3.61. The number of aliphatic hydroxyl groups is 1. The highest BCUT2D eigenvalue weighted by atomic mass is 19.1. The lowest BCUT2D eigenvalue weighted by atomic mass is 9.97. The molecule has 0 aliphatic rings. The highest BCUT2D eigenvalue weighted by molar-refractivity contribution is 5.97. The molecular formula is C26H25F2NO6. The van der Waals surface area contributed by atoms with Crippen molar-refractivity contribution < 1.29 is 38.1 Å². The van der Waals surface area contributed by atoms with Crippen molar-refractivity contribution in [3.63, 3.8) is 0 Å². The van der Waals surface area contributed by atoms with E-state index in [1.165, 1.54) is 14.2 Å². The Kier molecular flexibility index (Phi) is 8.38. The number of aliphatic carboxylic acids is 1. The van der Waals surface area contributed by atoms with Crippen LogP contribution in [0.15, 0.2) is 54.6 Å². The van der Waals surface area contributed by atoms with Gasteiger partial charge < -0.3 is 25.0 Å². The third-order valence-electron chi connectivity index (χ3n) is 5.44. The summed E-state index contributed by atoms with van der Waals surface area (Å²) in [5.74, 6) is -3.57. The first kappa shape index (κ1) is 25.6. The lowest BCUT2D eigenvalue weighted by molar-refractivity contribution is -0.139. The van der Waals surface area contributed by atoms with Gasteiger partial charge in [-0.2, -0.15) is 0 Å². The van der Waals surface area contributed by atoms with Crippen molar-refractivity contribution in [1.29, 1.82) is 0 Å². The fourth-order valence-electron chi connectivity index (χ4n) is 3.71. The molecule has 0 saturated heterocycles. The average molecular weight is 485 g/mol. The van der Waals surface area contributed by atoms with Gasteiger partial charge in [-0.15, -0.1) is 0 Å². The van der Waals surface area contributed by atoms with E-state index in [1.54, 1.807) is 36.4 Å². The smallest absolute Gasteiger partial charge is 0.326 e. The SMILES string of the molecule is COc1cc(CCO)cc(OC)c1-c1ccc(C[C@H](NC(=O)c2c(F)cccc2F)C(=O)O)cc1. The molecule has 0 spiro atoms. The first-order valence-corrected chi connectivity index (χ1v) is 10.7. The van der Waals surface area contributed by atoms with Gasteiger partial charge in [0.05, 0.1) is 19.8 Å². The molecular weight excluding hydrogens is 460 g/mol. The number of benzene rings is 3. The molecule has 1 amide bonds. The highest BCUT2D eigenvalue weighted by Crippen LogP contribution is 2.39. The van der Waals surface area contributed by atoms with Crippen LogP contribution in [0.5, 0.6) is 11.5 Å².